The highest BCUT2D eigenvalue weighted by molar-refractivity contribution is 14.1. The molecule has 2 aromatic rings. The number of aromatic hydroxyl groups is 1. The lowest BCUT2D eigenvalue weighted by molar-refractivity contribution is 0.481. The Labute approximate surface area is 95.7 Å². The molecule has 0 atom stereocenters. The second-order valence-corrected chi connectivity index (χ2v) is 5.79. The fraction of sp³-hybridized carbons (Fsp3) is 0. The number of phenols is 1. The van der Waals surface area contributed by atoms with Gasteiger partial charge in [-0.25, -0.2) is 0 Å². The Morgan fingerprint density at radius 3 is 2.83 bits per heavy atom. The lowest BCUT2D eigenvalue weighted by Gasteiger charge is -1.93. The molecule has 2 rings (SSSR count). The maximum absolute atomic E-state index is 9.55. The van der Waals surface area contributed by atoms with Gasteiger partial charge in [-0.2, -0.15) is 0 Å². The first-order valence-electron chi connectivity index (χ1n) is 3.25. The molecule has 1 aromatic carbocycles. The molecule has 1 nitrogen and oxygen atoms in total. The summed E-state index contributed by atoms with van der Waals surface area (Å²) in [5, 5.41) is 10.5. The van der Waals surface area contributed by atoms with Crippen molar-refractivity contribution in [2.24, 2.45) is 0 Å². The van der Waals surface area contributed by atoms with Crippen LogP contribution in [0.25, 0.3) is 10.1 Å². The second kappa shape index (κ2) is 3.16. The summed E-state index contributed by atoms with van der Waals surface area (Å²) < 4.78 is 3.29. The van der Waals surface area contributed by atoms with Gasteiger partial charge in [0.15, 0.2) is 0 Å². The number of thiophene rings is 1. The van der Waals surface area contributed by atoms with Crippen molar-refractivity contribution in [2.75, 3.05) is 0 Å². The molecule has 0 aliphatic rings. The van der Waals surface area contributed by atoms with Crippen molar-refractivity contribution in [3.8, 4) is 5.75 Å². The van der Waals surface area contributed by atoms with Crippen LogP contribution in [-0.2, 0) is 0 Å². The maximum atomic E-state index is 9.55. The van der Waals surface area contributed by atoms with Crippen LogP contribution in [0.3, 0.4) is 0 Å². The van der Waals surface area contributed by atoms with Gasteiger partial charge >= 0.3 is 0 Å². The van der Waals surface area contributed by atoms with Gasteiger partial charge in [-0.05, 0) is 50.7 Å². The highest BCUT2D eigenvalue weighted by atomic mass is 127. The first-order chi connectivity index (χ1) is 5.70. The third kappa shape index (κ3) is 1.25. The van der Waals surface area contributed by atoms with E-state index in [4.69, 9.17) is 0 Å². The Morgan fingerprint density at radius 2 is 2.17 bits per heavy atom. The summed E-state index contributed by atoms with van der Waals surface area (Å²) >= 11 is 7.31. The quantitative estimate of drug-likeness (QED) is 0.709. The van der Waals surface area contributed by atoms with Crippen LogP contribution in [0.15, 0.2) is 22.0 Å². The maximum Gasteiger partial charge on any atom is 0.125 e. The van der Waals surface area contributed by atoms with Crippen molar-refractivity contribution in [1.29, 1.82) is 0 Å². The summed E-state index contributed by atoms with van der Waals surface area (Å²) in [6, 6.07) is 5.58. The summed E-state index contributed by atoms with van der Waals surface area (Å²) in [5.41, 5.74) is 0. The zero-order valence-electron chi connectivity index (χ0n) is 5.84. The Bertz CT molecular complexity index is 438. The predicted molar refractivity (Wildman–Crippen MR) is 63.9 cm³/mol. The third-order valence-corrected chi connectivity index (χ3v) is 5.61. The van der Waals surface area contributed by atoms with E-state index in [0.29, 0.717) is 5.75 Å². The van der Waals surface area contributed by atoms with E-state index < -0.39 is 0 Å². The summed E-state index contributed by atoms with van der Waals surface area (Å²) in [7, 11) is 0. The van der Waals surface area contributed by atoms with Crippen LogP contribution in [-0.4, -0.2) is 5.11 Å². The smallest absolute Gasteiger partial charge is 0.125 e. The molecule has 0 bridgehead atoms. The fourth-order valence-electron chi connectivity index (χ4n) is 1.06. The van der Waals surface area contributed by atoms with Crippen molar-refractivity contribution in [3.05, 3.63) is 25.6 Å². The topological polar surface area (TPSA) is 20.2 Å². The Balaban J connectivity index is 2.97. The van der Waals surface area contributed by atoms with E-state index in [1.165, 1.54) is 0 Å². The van der Waals surface area contributed by atoms with Crippen LogP contribution in [0.2, 0.25) is 0 Å². The number of hydrogen-bond acceptors (Lipinski definition) is 2. The average Bonchev–Trinajstić information content (AvgIpc) is 2.29. The summed E-state index contributed by atoms with van der Waals surface area (Å²) in [4.78, 5) is 0. The minimum absolute atomic E-state index is 0.360. The monoisotopic (exact) mass is 354 g/mol. The fourth-order valence-corrected chi connectivity index (χ4v) is 3.71. The Morgan fingerprint density at radius 1 is 1.42 bits per heavy atom. The van der Waals surface area contributed by atoms with Crippen molar-refractivity contribution in [3.63, 3.8) is 0 Å². The van der Waals surface area contributed by atoms with Crippen LogP contribution in [0.1, 0.15) is 0 Å². The van der Waals surface area contributed by atoms with Gasteiger partial charge in [0, 0.05) is 13.7 Å². The zero-order valence-corrected chi connectivity index (χ0v) is 10.4. The molecule has 62 valence electrons. The molecule has 0 aliphatic carbocycles. The van der Waals surface area contributed by atoms with Gasteiger partial charge in [-0.15, -0.1) is 11.3 Å². The highest BCUT2D eigenvalue weighted by Gasteiger charge is 2.09. The summed E-state index contributed by atoms with van der Waals surface area (Å²) in [5.74, 6) is 0.360. The third-order valence-electron chi connectivity index (χ3n) is 1.60. The molecular formula is C8H4BrIOS. The minimum atomic E-state index is 0.360. The van der Waals surface area contributed by atoms with Gasteiger partial charge < -0.3 is 5.11 Å². The van der Waals surface area contributed by atoms with Gasteiger partial charge in [0.1, 0.15) is 5.75 Å². The number of hydrogen-bond donors (Lipinski definition) is 1. The number of benzene rings is 1. The van der Waals surface area contributed by atoms with Crippen molar-refractivity contribution in [2.45, 2.75) is 0 Å². The van der Waals surface area contributed by atoms with Crippen molar-refractivity contribution in [1.82, 2.24) is 0 Å². The van der Waals surface area contributed by atoms with Crippen LogP contribution in [0.5, 0.6) is 5.75 Å². The largest absolute Gasteiger partial charge is 0.507 e. The molecule has 1 N–H and O–H groups in total. The van der Waals surface area contributed by atoms with Crippen molar-refractivity contribution >= 4 is 59.9 Å². The van der Waals surface area contributed by atoms with Gasteiger partial charge in [-0.1, -0.05) is 6.07 Å². The minimum Gasteiger partial charge on any atom is -0.507 e. The van der Waals surface area contributed by atoms with Gasteiger partial charge in [0.05, 0.1) is 3.79 Å². The molecule has 0 amide bonds. The molecule has 0 fully saturated rings. The lowest BCUT2D eigenvalue weighted by atomic mass is 10.2. The van der Waals surface area contributed by atoms with E-state index >= 15 is 0 Å². The predicted octanol–water partition coefficient (Wildman–Crippen LogP) is 3.97. The number of rotatable bonds is 0. The summed E-state index contributed by atoms with van der Waals surface area (Å²) in [6.45, 7) is 0. The number of phenolic OH excluding ortho intramolecular Hbond substituents is 1. The second-order valence-electron chi connectivity index (χ2n) is 2.34. The molecule has 0 saturated heterocycles. The molecule has 0 aliphatic heterocycles. The SMILES string of the molecule is Oc1cccc2sc(Br)c(I)c12. The molecule has 0 radical (unpaired) electrons. The van der Waals surface area contributed by atoms with E-state index in [2.05, 4.69) is 38.5 Å². The van der Waals surface area contributed by atoms with E-state index in [1.807, 2.05) is 12.1 Å². The molecule has 0 saturated carbocycles. The lowest BCUT2D eigenvalue weighted by Crippen LogP contribution is -1.69. The molecule has 0 spiro atoms. The normalized spacial score (nSPS) is 10.8. The van der Waals surface area contributed by atoms with E-state index in [1.54, 1.807) is 17.4 Å². The Kier molecular flexibility index (Phi) is 2.31. The first-order valence-corrected chi connectivity index (χ1v) is 5.94. The van der Waals surface area contributed by atoms with Crippen LogP contribution in [0, 0.1) is 3.57 Å². The molecule has 0 unspecified atom stereocenters. The van der Waals surface area contributed by atoms with E-state index in [0.717, 1.165) is 17.4 Å². The first kappa shape index (κ1) is 8.77. The highest BCUT2D eigenvalue weighted by Crippen LogP contribution is 2.40. The van der Waals surface area contributed by atoms with Crippen LogP contribution >= 0.6 is 49.9 Å². The number of halogens is 2. The molecule has 12 heavy (non-hydrogen) atoms. The molecule has 4 heteroatoms. The zero-order chi connectivity index (χ0) is 8.72. The molecular weight excluding hydrogens is 351 g/mol. The average molecular weight is 355 g/mol. The van der Waals surface area contributed by atoms with Gasteiger partial charge in [0.2, 0.25) is 0 Å². The standard InChI is InChI=1S/C8H4BrIOS/c9-8-7(10)6-4(11)2-1-3-5(6)12-8/h1-3,11H. The Hall–Kier alpha value is 0.190. The van der Waals surface area contributed by atoms with Crippen molar-refractivity contribution < 1.29 is 5.11 Å². The molecule has 1 aromatic heterocycles. The van der Waals surface area contributed by atoms with E-state index in [9.17, 15) is 5.11 Å². The van der Waals surface area contributed by atoms with Crippen LogP contribution in [0.4, 0.5) is 0 Å². The summed E-state index contributed by atoms with van der Waals surface area (Å²) in [6.07, 6.45) is 0. The van der Waals surface area contributed by atoms with E-state index in [-0.39, 0.29) is 0 Å². The van der Waals surface area contributed by atoms with Crippen LogP contribution < -0.4 is 0 Å². The van der Waals surface area contributed by atoms with Gasteiger partial charge in [0.25, 0.3) is 0 Å². The van der Waals surface area contributed by atoms with Gasteiger partial charge in [-0.3, -0.25) is 0 Å². The molecule has 1 heterocycles. The number of fused-ring (bicyclic) bond motifs is 1.